The zero-order valence-electron chi connectivity index (χ0n) is 22.3. The summed E-state index contributed by atoms with van der Waals surface area (Å²) in [6, 6.07) is 17.4. The number of nitrogens with zero attached hydrogens (tertiary/aromatic N) is 3. The molecule has 2 aromatic carbocycles. The highest BCUT2D eigenvalue weighted by atomic mass is 32.2. The molecule has 4 bridgehead atoms. The van der Waals surface area contributed by atoms with E-state index in [1.165, 1.54) is 6.20 Å². The highest BCUT2D eigenvalue weighted by molar-refractivity contribution is 7.89. The van der Waals surface area contributed by atoms with Gasteiger partial charge >= 0.3 is 0 Å². The molecule has 0 aliphatic carbocycles. The van der Waals surface area contributed by atoms with Gasteiger partial charge in [-0.25, -0.2) is 13.1 Å². The van der Waals surface area contributed by atoms with Crippen LogP contribution in [0.2, 0.25) is 0 Å². The number of ether oxygens (including phenoxy) is 1. The van der Waals surface area contributed by atoms with Crippen molar-refractivity contribution in [1.82, 2.24) is 24.8 Å². The Morgan fingerprint density at radius 3 is 2.65 bits per heavy atom. The number of sulfonamides is 1. The number of hydrogen-bond acceptors (Lipinski definition) is 7. The molecule has 1 aromatic heterocycles. The minimum atomic E-state index is -3.65. The van der Waals surface area contributed by atoms with Gasteiger partial charge in [-0.15, -0.1) is 0 Å². The molecule has 0 radical (unpaired) electrons. The number of fused-ring (bicyclic) bond motifs is 6. The van der Waals surface area contributed by atoms with Crippen molar-refractivity contribution in [2.24, 2.45) is 5.92 Å². The average Bonchev–Trinajstić information content (AvgIpc) is 3.39. The van der Waals surface area contributed by atoms with Crippen LogP contribution in [-0.2, 0) is 14.8 Å². The summed E-state index contributed by atoms with van der Waals surface area (Å²) in [5, 5.41) is 2.90. The molecule has 210 valence electrons. The topological polar surface area (TPSA) is 121 Å². The van der Waals surface area contributed by atoms with Gasteiger partial charge in [0.15, 0.2) is 0 Å². The van der Waals surface area contributed by atoms with Crippen LogP contribution >= 0.6 is 0 Å². The number of pyridine rings is 1. The lowest BCUT2D eigenvalue weighted by atomic mass is 10.1. The van der Waals surface area contributed by atoms with E-state index in [1.807, 2.05) is 36.2 Å². The zero-order valence-corrected chi connectivity index (χ0v) is 23.1. The second-order valence-corrected chi connectivity index (χ2v) is 12.0. The first-order valence-corrected chi connectivity index (χ1v) is 14.8. The lowest BCUT2D eigenvalue weighted by Crippen LogP contribution is -2.45. The smallest absolute Gasteiger partial charge is 0.252 e. The van der Waals surface area contributed by atoms with Gasteiger partial charge in [0.05, 0.1) is 23.0 Å². The molecule has 2 aliphatic rings. The molecular formula is C29H33N5O5S. The minimum absolute atomic E-state index is 0.0635. The number of carbonyl (C=O) groups excluding carboxylic acids is 2. The summed E-state index contributed by atoms with van der Waals surface area (Å²) in [7, 11) is -1.82. The van der Waals surface area contributed by atoms with Crippen LogP contribution in [0.1, 0.15) is 16.8 Å². The van der Waals surface area contributed by atoms with E-state index in [2.05, 4.69) is 15.0 Å². The number of carbonyl (C=O) groups is 2. The highest BCUT2D eigenvalue weighted by Gasteiger charge is 2.36. The van der Waals surface area contributed by atoms with E-state index in [-0.39, 0.29) is 48.4 Å². The van der Waals surface area contributed by atoms with Crippen LogP contribution in [0, 0.1) is 5.92 Å². The second kappa shape index (κ2) is 12.2. The molecule has 3 heterocycles. The Morgan fingerprint density at radius 1 is 1.02 bits per heavy atom. The Kier molecular flexibility index (Phi) is 8.43. The summed E-state index contributed by atoms with van der Waals surface area (Å²) in [5.74, 6) is 0.275. The molecule has 1 fully saturated rings. The Hall–Kier alpha value is -3.80. The summed E-state index contributed by atoms with van der Waals surface area (Å²) >= 11 is 0. The monoisotopic (exact) mass is 563 g/mol. The molecule has 2 N–H and O–H groups in total. The van der Waals surface area contributed by atoms with Crippen molar-refractivity contribution in [2.75, 3.05) is 46.4 Å². The van der Waals surface area contributed by atoms with Gasteiger partial charge in [-0.3, -0.25) is 19.5 Å². The van der Waals surface area contributed by atoms with Crippen LogP contribution < -0.4 is 14.8 Å². The number of aromatic nitrogens is 1. The van der Waals surface area contributed by atoms with Crippen LogP contribution in [0.5, 0.6) is 5.75 Å². The van der Waals surface area contributed by atoms with Crippen molar-refractivity contribution in [3.63, 3.8) is 0 Å². The predicted octanol–water partition coefficient (Wildman–Crippen LogP) is 2.00. The fourth-order valence-corrected chi connectivity index (χ4v) is 6.22. The van der Waals surface area contributed by atoms with Gasteiger partial charge in [-0.2, -0.15) is 0 Å². The average molecular weight is 564 g/mol. The number of amides is 2. The van der Waals surface area contributed by atoms with Gasteiger partial charge in [0, 0.05) is 44.1 Å². The van der Waals surface area contributed by atoms with Crippen LogP contribution in [0.25, 0.3) is 11.1 Å². The van der Waals surface area contributed by atoms with Crippen LogP contribution in [0.4, 0.5) is 0 Å². The maximum Gasteiger partial charge on any atom is 0.252 e. The van der Waals surface area contributed by atoms with Crippen LogP contribution in [0.15, 0.2) is 78.0 Å². The third-order valence-corrected chi connectivity index (χ3v) is 8.67. The summed E-state index contributed by atoms with van der Waals surface area (Å²) in [5.41, 5.74) is 2.11. The SMILES string of the molecule is CN1CCNC(=O)c2cncc(c2)-c2cccc(c2)OC[C@@H]2C[C@@H](CNS(=O)(=O)c3ccccc3)CN2C(=O)C1. The molecule has 2 atom stereocenters. The quantitative estimate of drug-likeness (QED) is 0.498. The van der Waals surface area contributed by atoms with Crippen molar-refractivity contribution >= 4 is 21.8 Å². The zero-order chi connectivity index (χ0) is 28.1. The number of likely N-dealkylation sites (N-methyl/N-ethyl adjacent to an activating group) is 1. The Bertz CT molecular complexity index is 1470. The van der Waals surface area contributed by atoms with Gasteiger partial charge in [0.25, 0.3) is 5.91 Å². The Balaban J connectivity index is 1.34. The Morgan fingerprint density at radius 2 is 1.82 bits per heavy atom. The minimum Gasteiger partial charge on any atom is -0.491 e. The number of nitrogens with one attached hydrogen (secondary N) is 2. The summed E-state index contributed by atoms with van der Waals surface area (Å²) in [6.07, 6.45) is 3.84. The molecule has 10 nitrogen and oxygen atoms in total. The van der Waals surface area contributed by atoms with Gasteiger partial charge < -0.3 is 15.0 Å². The number of benzene rings is 2. The molecule has 2 amide bonds. The standard InChI is InChI=1S/C29H33N5O5S/c1-33-11-10-31-29(36)24-13-23(16-30-17-24)22-6-5-7-26(14-22)39-20-25-12-21(18-34(25)28(35)19-33)15-32-40(37,38)27-8-3-2-4-9-27/h2-9,13-14,16-17,21,25,32H,10-12,15,18-20H2,1H3,(H,31,36)/t21-,25-/m0/s1. The maximum atomic E-state index is 13.4. The van der Waals surface area contributed by atoms with Crippen molar-refractivity contribution < 1.29 is 22.7 Å². The van der Waals surface area contributed by atoms with Gasteiger partial charge in [0.2, 0.25) is 15.9 Å². The lowest BCUT2D eigenvalue weighted by Gasteiger charge is -2.27. The van der Waals surface area contributed by atoms with E-state index in [0.29, 0.717) is 37.4 Å². The molecule has 0 saturated carbocycles. The molecule has 1 saturated heterocycles. The normalized spacial score (nSPS) is 20.8. The molecule has 2 aliphatic heterocycles. The molecular weight excluding hydrogens is 530 g/mol. The first-order valence-electron chi connectivity index (χ1n) is 13.3. The fourth-order valence-electron chi connectivity index (χ4n) is 5.08. The molecule has 5 rings (SSSR count). The first-order chi connectivity index (χ1) is 19.3. The molecule has 3 aromatic rings. The van der Waals surface area contributed by atoms with E-state index in [0.717, 1.165) is 11.1 Å². The number of hydrogen-bond donors (Lipinski definition) is 2. The summed E-state index contributed by atoms with van der Waals surface area (Å²) in [4.78, 5) is 34.2. The summed E-state index contributed by atoms with van der Waals surface area (Å²) in [6.45, 7) is 1.95. The molecule has 11 heteroatoms. The number of rotatable bonds is 4. The van der Waals surface area contributed by atoms with Gasteiger partial charge in [-0.1, -0.05) is 30.3 Å². The second-order valence-electron chi connectivity index (χ2n) is 10.3. The van der Waals surface area contributed by atoms with Crippen molar-refractivity contribution in [3.8, 4) is 16.9 Å². The molecule has 0 spiro atoms. The van der Waals surface area contributed by atoms with E-state index in [9.17, 15) is 18.0 Å². The van der Waals surface area contributed by atoms with Crippen LogP contribution in [-0.4, -0.2) is 87.4 Å². The van der Waals surface area contributed by atoms with E-state index in [1.54, 1.807) is 47.5 Å². The molecule has 0 unspecified atom stereocenters. The van der Waals surface area contributed by atoms with Crippen LogP contribution in [0.3, 0.4) is 0 Å². The lowest BCUT2D eigenvalue weighted by molar-refractivity contribution is -0.133. The Labute approximate surface area is 234 Å². The van der Waals surface area contributed by atoms with E-state index < -0.39 is 10.0 Å². The third-order valence-electron chi connectivity index (χ3n) is 7.23. The summed E-state index contributed by atoms with van der Waals surface area (Å²) < 4.78 is 34.4. The highest BCUT2D eigenvalue weighted by Crippen LogP contribution is 2.27. The van der Waals surface area contributed by atoms with E-state index in [4.69, 9.17) is 4.74 Å². The fraction of sp³-hybridized carbons (Fsp3) is 0.345. The first kappa shape index (κ1) is 27.8. The van der Waals surface area contributed by atoms with Crippen molar-refractivity contribution in [1.29, 1.82) is 0 Å². The van der Waals surface area contributed by atoms with Gasteiger partial charge in [0.1, 0.15) is 12.4 Å². The predicted molar refractivity (Wildman–Crippen MR) is 150 cm³/mol. The molecule has 40 heavy (non-hydrogen) atoms. The largest absolute Gasteiger partial charge is 0.491 e. The van der Waals surface area contributed by atoms with Crippen molar-refractivity contribution in [3.05, 3.63) is 78.6 Å². The van der Waals surface area contributed by atoms with Gasteiger partial charge in [-0.05, 0) is 55.3 Å². The maximum absolute atomic E-state index is 13.4. The van der Waals surface area contributed by atoms with E-state index >= 15 is 0 Å². The third kappa shape index (κ3) is 6.67. The van der Waals surface area contributed by atoms with Crippen molar-refractivity contribution in [2.45, 2.75) is 17.4 Å².